The van der Waals surface area contributed by atoms with Gasteiger partial charge in [0.1, 0.15) is 5.82 Å². The van der Waals surface area contributed by atoms with Crippen LogP contribution >= 0.6 is 0 Å². The molecule has 0 unspecified atom stereocenters. The first kappa shape index (κ1) is 13.5. The Kier molecular flexibility index (Phi) is 6.13. The topological polar surface area (TPSA) is 28.2 Å². The van der Waals surface area contributed by atoms with E-state index in [1.807, 2.05) is 18.2 Å². The quantitative estimate of drug-likeness (QED) is 0.575. The van der Waals surface area contributed by atoms with E-state index in [1.165, 1.54) is 0 Å². The molecule has 3 nitrogen and oxygen atoms in total. The van der Waals surface area contributed by atoms with Gasteiger partial charge in [-0.15, -0.1) is 6.42 Å². The molecule has 0 fully saturated rings. The Bertz CT molecular complexity index is 368. The highest BCUT2D eigenvalue weighted by molar-refractivity contribution is 5.40. The molecular formula is C14H21N3. The summed E-state index contributed by atoms with van der Waals surface area (Å²) in [5.74, 6) is 3.62. The molecule has 92 valence electrons. The van der Waals surface area contributed by atoms with E-state index in [-0.39, 0.29) is 0 Å². The van der Waals surface area contributed by atoms with Crippen molar-refractivity contribution in [2.45, 2.75) is 26.8 Å². The second-order valence-electron chi connectivity index (χ2n) is 3.88. The Labute approximate surface area is 104 Å². The molecule has 1 heterocycles. The molecule has 0 radical (unpaired) electrons. The summed E-state index contributed by atoms with van der Waals surface area (Å²) >= 11 is 0. The summed E-state index contributed by atoms with van der Waals surface area (Å²) in [6.07, 6.45) is 6.48. The molecule has 1 aromatic heterocycles. The van der Waals surface area contributed by atoms with Crippen LogP contribution in [-0.4, -0.2) is 24.6 Å². The van der Waals surface area contributed by atoms with Gasteiger partial charge in [-0.1, -0.05) is 18.9 Å². The van der Waals surface area contributed by atoms with Crippen LogP contribution in [0.2, 0.25) is 0 Å². The van der Waals surface area contributed by atoms with Gasteiger partial charge in [-0.05, 0) is 32.0 Å². The Morgan fingerprint density at radius 2 is 2.24 bits per heavy atom. The van der Waals surface area contributed by atoms with Crippen molar-refractivity contribution < 1.29 is 0 Å². The molecular weight excluding hydrogens is 210 g/mol. The zero-order valence-corrected chi connectivity index (χ0v) is 10.7. The summed E-state index contributed by atoms with van der Waals surface area (Å²) < 4.78 is 0. The van der Waals surface area contributed by atoms with Gasteiger partial charge in [-0.3, -0.25) is 0 Å². The van der Waals surface area contributed by atoms with Crippen LogP contribution in [0.5, 0.6) is 0 Å². The number of nitrogens with one attached hydrogen (secondary N) is 1. The van der Waals surface area contributed by atoms with Crippen LogP contribution in [0.1, 0.15) is 26.0 Å². The number of terminal acetylenes is 1. The zero-order chi connectivity index (χ0) is 12.5. The van der Waals surface area contributed by atoms with E-state index >= 15 is 0 Å². The molecule has 0 saturated heterocycles. The molecule has 0 amide bonds. The molecule has 0 atom stereocenters. The largest absolute Gasteiger partial charge is 0.346 e. The molecule has 0 aliphatic carbocycles. The standard InChI is InChI=1S/C14H21N3/c1-4-10-15-12-13-8-7-9-14(16-13)17(6-3)11-5-2/h2,7-9,15H,4,6,10-12H2,1,3H3. The van der Waals surface area contributed by atoms with Gasteiger partial charge in [-0.2, -0.15) is 0 Å². The molecule has 0 bridgehead atoms. The first-order valence-electron chi connectivity index (χ1n) is 6.16. The fourth-order valence-corrected chi connectivity index (χ4v) is 1.60. The van der Waals surface area contributed by atoms with Gasteiger partial charge in [0.25, 0.3) is 0 Å². The highest BCUT2D eigenvalue weighted by Crippen LogP contribution is 2.10. The number of pyridine rings is 1. The van der Waals surface area contributed by atoms with Crippen LogP contribution in [0.4, 0.5) is 5.82 Å². The Morgan fingerprint density at radius 1 is 1.41 bits per heavy atom. The summed E-state index contributed by atoms with van der Waals surface area (Å²) in [5.41, 5.74) is 1.06. The molecule has 0 aliphatic heterocycles. The van der Waals surface area contributed by atoms with Crippen molar-refractivity contribution in [1.82, 2.24) is 10.3 Å². The fraction of sp³-hybridized carbons (Fsp3) is 0.500. The maximum absolute atomic E-state index is 5.35. The number of anilines is 1. The Hall–Kier alpha value is -1.53. The normalized spacial score (nSPS) is 9.94. The highest BCUT2D eigenvalue weighted by atomic mass is 15.2. The van der Waals surface area contributed by atoms with E-state index in [0.29, 0.717) is 6.54 Å². The van der Waals surface area contributed by atoms with Crippen LogP contribution in [0.3, 0.4) is 0 Å². The SMILES string of the molecule is C#CCN(CC)c1cccc(CNCCC)n1. The van der Waals surface area contributed by atoms with Crippen LogP contribution in [0.25, 0.3) is 0 Å². The van der Waals surface area contributed by atoms with Crippen molar-refractivity contribution in [3.05, 3.63) is 23.9 Å². The minimum atomic E-state index is 0.606. The van der Waals surface area contributed by atoms with Gasteiger partial charge < -0.3 is 10.2 Å². The van der Waals surface area contributed by atoms with E-state index in [1.54, 1.807) is 0 Å². The summed E-state index contributed by atoms with van der Waals surface area (Å²) in [6, 6.07) is 6.07. The fourth-order valence-electron chi connectivity index (χ4n) is 1.60. The summed E-state index contributed by atoms with van der Waals surface area (Å²) in [5, 5.41) is 3.35. The molecule has 0 saturated carbocycles. The van der Waals surface area contributed by atoms with Crippen molar-refractivity contribution >= 4 is 5.82 Å². The lowest BCUT2D eigenvalue weighted by atomic mass is 10.3. The molecule has 0 aliphatic rings. The van der Waals surface area contributed by atoms with Crippen molar-refractivity contribution in [2.24, 2.45) is 0 Å². The second kappa shape index (κ2) is 7.70. The molecule has 17 heavy (non-hydrogen) atoms. The minimum Gasteiger partial charge on any atom is -0.346 e. The number of hydrogen-bond acceptors (Lipinski definition) is 3. The smallest absolute Gasteiger partial charge is 0.129 e. The molecule has 3 heteroatoms. The maximum Gasteiger partial charge on any atom is 0.129 e. The number of aromatic nitrogens is 1. The summed E-state index contributed by atoms with van der Waals surface area (Å²) in [7, 11) is 0. The van der Waals surface area contributed by atoms with Gasteiger partial charge >= 0.3 is 0 Å². The average Bonchev–Trinajstić information content (AvgIpc) is 2.36. The molecule has 0 spiro atoms. The van der Waals surface area contributed by atoms with Crippen LogP contribution in [0, 0.1) is 12.3 Å². The van der Waals surface area contributed by atoms with Crippen molar-refractivity contribution in [3.8, 4) is 12.3 Å². The van der Waals surface area contributed by atoms with E-state index in [9.17, 15) is 0 Å². The Balaban J connectivity index is 2.67. The molecule has 1 rings (SSSR count). The van der Waals surface area contributed by atoms with Gasteiger partial charge in [0.05, 0.1) is 12.2 Å². The minimum absolute atomic E-state index is 0.606. The predicted molar refractivity (Wildman–Crippen MR) is 73.0 cm³/mol. The van der Waals surface area contributed by atoms with Crippen LogP contribution in [0.15, 0.2) is 18.2 Å². The molecule has 1 N–H and O–H groups in total. The van der Waals surface area contributed by atoms with Crippen LogP contribution in [-0.2, 0) is 6.54 Å². The predicted octanol–water partition coefficient (Wildman–Crippen LogP) is 2.04. The summed E-state index contributed by atoms with van der Waals surface area (Å²) in [4.78, 5) is 6.69. The monoisotopic (exact) mass is 231 g/mol. The lowest BCUT2D eigenvalue weighted by Crippen LogP contribution is -2.24. The maximum atomic E-state index is 5.35. The first-order valence-corrected chi connectivity index (χ1v) is 6.16. The van der Waals surface area contributed by atoms with E-state index in [2.05, 4.69) is 35.0 Å². The van der Waals surface area contributed by atoms with Gasteiger partial charge in [0.15, 0.2) is 0 Å². The number of hydrogen-bond donors (Lipinski definition) is 1. The van der Waals surface area contributed by atoms with E-state index in [4.69, 9.17) is 6.42 Å². The number of nitrogens with zero attached hydrogens (tertiary/aromatic N) is 2. The third-order valence-corrected chi connectivity index (χ3v) is 2.51. The average molecular weight is 231 g/mol. The third-order valence-electron chi connectivity index (χ3n) is 2.51. The van der Waals surface area contributed by atoms with Gasteiger partial charge in [0.2, 0.25) is 0 Å². The number of rotatable bonds is 7. The highest BCUT2D eigenvalue weighted by Gasteiger charge is 2.04. The zero-order valence-electron chi connectivity index (χ0n) is 10.7. The lowest BCUT2D eigenvalue weighted by molar-refractivity contribution is 0.663. The Morgan fingerprint density at radius 3 is 2.88 bits per heavy atom. The van der Waals surface area contributed by atoms with E-state index in [0.717, 1.165) is 37.6 Å². The van der Waals surface area contributed by atoms with Gasteiger partial charge in [0, 0.05) is 13.1 Å². The molecule has 0 aromatic carbocycles. The summed E-state index contributed by atoms with van der Waals surface area (Å²) in [6.45, 7) is 7.56. The first-order chi connectivity index (χ1) is 8.31. The third kappa shape index (κ3) is 4.46. The van der Waals surface area contributed by atoms with Crippen molar-refractivity contribution in [3.63, 3.8) is 0 Å². The second-order valence-corrected chi connectivity index (χ2v) is 3.88. The van der Waals surface area contributed by atoms with Crippen molar-refractivity contribution in [2.75, 3.05) is 24.5 Å². The van der Waals surface area contributed by atoms with Crippen molar-refractivity contribution in [1.29, 1.82) is 0 Å². The van der Waals surface area contributed by atoms with Crippen LogP contribution < -0.4 is 10.2 Å². The lowest BCUT2D eigenvalue weighted by Gasteiger charge is -2.19. The molecule has 1 aromatic rings. The van der Waals surface area contributed by atoms with E-state index < -0.39 is 0 Å². The van der Waals surface area contributed by atoms with Gasteiger partial charge in [-0.25, -0.2) is 4.98 Å².